The molecule has 1 heterocycles. The monoisotopic (exact) mass is 125 g/mol. The van der Waals surface area contributed by atoms with E-state index in [1.165, 1.54) is 12.8 Å². The van der Waals surface area contributed by atoms with Crippen LogP contribution in [0, 0.1) is 0 Å². The smallest absolute Gasteiger partial charge is 0.224 e. The molecule has 2 fully saturated rings. The second-order valence-corrected chi connectivity index (χ2v) is 3.29. The van der Waals surface area contributed by atoms with Gasteiger partial charge in [0.15, 0.2) is 0 Å². The molecule has 1 amide bonds. The van der Waals surface area contributed by atoms with E-state index in [0.29, 0.717) is 11.4 Å². The summed E-state index contributed by atoms with van der Waals surface area (Å²) in [7, 11) is 0. The highest BCUT2D eigenvalue weighted by Crippen LogP contribution is 2.43. The Morgan fingerprint density at radius 3 is 2.33 bits per heavy atom. The molecule has 0 spiro atoms. The second kappa shape index (κ2) is 1.31. The predicted octanol–water partition coefficient (Wildman–Crippen LogP) is 0.771. The Morgan fingerprint density at radius 1 is 1.56 bits per heavy atom. The zero-order valence-corrected chi connectivity index (χ0v) is 5.68. The molecule has 0 unspecified atom stereocenters. The zero-order valence-electron chi connectivity index (χ0n) is 5.68. The third kappa shape index (κ3) is 0.590. The average Bonchev–Trinajstić information content (AvgIpc) is 2.44. The van der Waals surface area contributed by atoms with Crippen molar-refractivity contribution in [3.8, 4) is 0 Å². The van der Waals surface area contributed by atoms with Crippen molar-refractivity contribution in [2.24, 2.45) is 0 Å². The van der Waals surface area contributed by atoms with Gasteiger partial charge >= 0.3 is 0 Å². The van der Waals surface area contributed by atoms with Gasteiger partial charge in [0, 0.05) is 18.5 Å². The number of hydrogen-bond donors (Lipinski definition) is 0. The lowest BCUT2D eigenvalue weighted by atomic mass is 10.1. The lowest BCUT2D eigenvalue weighted by Crippen LogP contribution is -2.50. The van der Waals surface area contributed by atoms with E-state index in [1.807, 2.05) is 4.90 Å². The topological polar surface area (TPSA) is 20.3 Å². The van der Waals surface area contributed by atoms with Crippen LogP contribution in [0.4, 0.5) is 0 Å². The molecule has 0 bridgehead atoms. The number of carbonyl (C=O) groups excluding carboxylic acids is 1. The molecule has 1 saturated carbocycles. The van der Waals surface area contributed by atoms with E-state index in [4.69, 9.17) is 0 Å². The fraction of sp³-hybridized carbons (Fsp3) is 0.857. The summed E-state index contributed by atoms with van der Waals surface area (Å²) in [6.45, 7) is 3.18. The summed E-state index contributed by atoms with van der Waals surface area (Å²) in [5.74, 6) is 0.356. The van der Waals surface area contributed by atoms with Crippen molar-refractivity contribution in [1.29, 1.82) is 0 Å². The van der Waals surface area contributed by atoms with Crippen LogP contribution in [0.15, 0.2) is 0 Å². The van der Waals surface area contributed by atoms with Gasteiger partial charge in [-0.2, -0.15) is 0 Å². The number of amides is 1. The van der Waals surface area contributed by atoms with E-state index in [9.17, 15) is 4.79 Å². The van der Waals surface area contributed by atoms with Gasteiger partial charge in [-0.25, -0.2) is 0 Å². The first-order valence-electron chi connectivity index (χ1n) is 3.53. The molecule has 0 atom stereocenters. The number of rotatable bonds is 1. The van der Waals surface area contributed by atoms with Gasteiger partial charge in [0.1, 0.15) is 0 Å². The molecule has 2 nitrogen and oxygen atoms in total. The second-order valence-electron chi connectivity index (χ2n) is 3.29. The molecule has 0 aromatic heterocycles. The molecule has 9 heavy (non-hydrogen) atoms. The molecule has 1 aliphatic carbocycles. The van der Waals surface area contributed by atoms with Gasteiger partial charge < -0.3 is 4.90 Å². The quantitative estimate of drug-likeness (QED) is 0.474. The molecule has 0 radical (unpaired) electrons. The Balaban J connectivity index is 2.06. The minimum Gasteiger partial charge on any atom is -0.337 e. The average molecular weight is 125 g/mol. The van der Waals surface area contributed by atoms with Crippen LogP contribution in [0.25, 0.3) is 0 Å². The summed E-state index contributed by atoms with van der Waals surface area (Å²) in [6.07, 6.45) is 3.23. The summed E-state index contributed by atoms with van der Waals surface area (Å²) < 4.78 is 0. The Kier molecular flexibility index (Phi) is 0.765. The number of carbonyl (C=O) groups is 1. The number of likely N-dealkylation sites (tertiary alicyclic amines) is 1. The fourth-order valence-electron chi connectivity index (χ4n) is 1.34. The van der Waals surface area contributed by atoms with E-state index in [-0.39, 0.29) is 0 Å². The van der Waals surface area contributed by atoms with Gasteiger partial charge in [0.2, 0.25) is 5.91 Å². The van der Waals surface area contributed by atoms with Crippen LogP contribution in [-0.2, 0) is 4.79 Å². The zero-order chi connectivity index (χ0) is 6.48. The Hall–Kier alpha value is -0.530. The summed E-state index contributed by atoms with van der Waals surface area (Å²) in [6, 6.07) is 0. The number of nitrogens with zero attached hydrogens (tertiary/aromatic N) is 1. The van der Waals surface area contributed by atoms with Crippen LogP contribution < -0.4 is 0 Å². The normalized spacial score (nSPS) is 29.9. The minimum absolute atomic E-state index is 0.301. The molecular weight excluding hydrogens is 114 g/mol. The van der Waals surface area contributed by atoms with Gasteiger partial charge in [-0.15, -0.1) is 0 Å². The van der Waals surface area contributed by atoms with Gasteiger partial charge in [0.25, 0.3) is 0 Å². The molecule has 2 heteroatoms. The third-order valence-corrected chi connectivity index (χ3v) is 2.48. The van der Waals surface area contributed by atoms with Crippen molar-refractivity contribution in [3.05, 3.63) is 0 Å². The Labute approximate surface area is 54.8 Å². The van der Waals surface area contributed by atoms with Gasteiger partial charge in [0.05, 0.1) is 0 Å². The summed E-state index contributed by atoms with van der Waals surface area (Å²) in [5, 5.41) is 0. The van der Waals surface area contributed by atoms with E-state index >= 15 is 0 Å². The minimum atomic E-state index is 0.301. The molecular formula is C7H11NO. The SMILES string of the molecule is CC1(N2CCC2=O)CC1. The highest BCUT2D eigenvalue weighted by atomic mass is 16.2. The molecule has 50 valence electrons. The highest BCUT2D eigenvalue weighted by molar-refractivity contribution is 5.82. The van der Waals surface area contributed by atoms with Gasteiger partial charge in [-0.05, 0) is 19.8 Å². The molecule has 1 saturated heterocycles. The molecule has 1 aliphatic heterocycles. The lowest BCUT2D eigenvalue weighted by molar-refractivity contribution is -0.143. The van der Waals surface area contributed by atoms with Crippen LogP contribution in [0.5, 0.6) is 0 Å². The largest absolute Gasteiger partial charge is 0.337 e. The van der Waals surface area contributed by atoms with Crippen LogP contribution >= 0.6 is 0 Å². The maximum Gasteiger partial charge on any atom is 0.224 e. The standard InChI is InChI=1S/C7H11NO/c1-7(3-4-7)8-5-2-6(8)9/h2-5H2,1H3. The number of β-lactam (4-membered cyclic amide) rings is 1. The van der Waals surface area contributed by atoms with Crippen LogP contribution in [-0.4, -0.2) is 22.9 Å². The van der Waals surface area contributed by atoms with E-state index in [2.05, 4.69) is 6.92 Å². The first-order chi connectivity index (χ1) is 4.22. The van der Waals surface area contributed by atoms with Crippen molar-refractivity contribution in [2.75, 3.05) is 6.54 Å². The van der Waals surface area contributed by atoms with Crippen LogP contribution in [0.3, 0.4) is 0 Å². The van der Waals surface area contributed by atoms with Crippen molar-refractivity contribution in [3.63, 3.8) is 0 Å². The van der Waals surface area contributed by atoms with E-state index in [1.54, 1.807) is 0 Å². The molecule has 2 rings (SSSR count). The molecule has 2 aliphatic rings. The van der Waals surface area contributed by atoms with Crippen molar-refractivity contribution < 1.29 is 4.79 Å². The van der Waals surface area contributed by atoms with E-state index in [0.717, 1.165) is 13.0 Å². The third-order valence-electron chi connectivity index (χ3n) is 2.48. The highest BCUT2D eigenvalue weighted by Gasteiger charge is 2.48. The fourth-order valence-corrected chi connectivity index (χ4v) is 1.34. The summed E-state index contributed by atoms with van der Waals surface area (Å²) >= 11 is 0. The predicted molar refractivity (Wildman–Crippen MR) is 34.0 cm³/mol. The lowest BCUT2D eigenvalue weighted by Gasteiger charge is -2.36. The van der Waals surface area contributed by atoms with Crippen LogP contribution in [0.1, 0.15) is 26.2 Å². The Bertz CT molecular complexity index is 160. The first-order valence-corrected chi connectivity index (χ1v) is 3.53. The number of hydrogen-bond acceptors (Lipinski definition) is 1. The van der Waals surface area contributed by atoms with Gasteiger partial charge in [-0.1, -0.05) is 0 Å². The maximum atomic E-state index is 10.8. The van der Waals surface area contributed by atoms with Crippen molar-refractivity contribution in [1.82, 2.24) is 4.90 Å². The molecule has 0 aromatic carbocycles. The van der Waals surface area contributed by atoms with Crippen LogP contribution in [0.2, 0.25) is 0 Å². The maximum absolute atomic E-state index is 10.8. The summed E-state index contributed by atoms with van der Waals surface area (Å²) in [4.78, 5) is 12.9. The molecule has 0 N–H and O–H groups in total. The first kappa shape index (κ1) is 5.27. The van der Waals surface area contributed by atoms with Crippen molar-refractivity contribution in [2.45, 2.75) is 31.7 Å². The van der Waals surface area contributed by atoms with E-state index < -0.39 is 0 Å². The van der Waals surface area contributed by atoms with Crippen molar-refractivity contribution >= 4 is 5.91 Å². The van der Waals surface area contributed by atoms with Gasteiger partial charge in [-0.3, -0.25) is 4.79 Å². The Morgan fingerprint density at radius 2 is 2.22 bits per heavy atom. The molecule has 0 aromatic rings. The summed E-state index contributed by atoms with van der Waals surface area (Å²) in [5.41, 5.74) is 0.301.